The maximum Gasteiger partial charge on any atom is 0.261 e. The van der Waals surface area contributed by atoms with Crippen molar-refractivity contribution >= 4 is 33.4 Å². The first-order chi connectivity index (χ1) is 17.1. The molecule has 1 atom stereocenters. The molecule has 0 aromatic heterocycles. The van der Waals surface area contributed by atoms with E-state index in [1.54, 1.807) is 0 Å². The first kappa shape index (κ1) is 22.0. The number of hydrogen-bond donors (Lipinski definition) is 0. The normalized spacial score (nSPS) is 15.4. The molecule has 1 aliphatic carbocycles. The Bertz CT molecular complexity index is 1470. The molecule has 2 amide bonds. The van der Waals surface area contributed by atoms with E-state index in [1.165, 1.54) is 32.4 Å². The van der Waals surface area contributed by atoms with Crippen LogP contribution in [0.4, 0.5) is 0 Å². The molecule has 2 aliphatic rings. The zero-order valence-electron chi connectivity index (χ0n) is 20.6. The summed E-state index contributed by atoms with van der Waals surface area (Å²) in [6.45, 7) is 4.83. The molecule has 4 aromatic rings. The van der Waals surface area contributed by atoms with Crippen LogP contribution in [0.1, 0.15) is 71.4 Å². The monoisotopic (exact) mass is 461 g/mol. The Morgan fingerprint density at radius 2 is 1.31 bits per heavy atom. The summed E-state index contributed by atoms with van der Waals surface area (Å²) in [5.41, 5.74) is 6.38. The fourth-order valence-corrected chi connectivity index (χ4v) is 6.20. The van der Waals surface area contributed by atoms with Crippen LogP contribution < -0.4 is 0 Å². The molecule has 176 valence electrons. The van der Waals surface area contributed by atoms with Crippen LogP contribution in [0.3, 0.4) is 0 Å². The van der Waals surface area contributed by atoms with E-state index in [-0.39, 0.29) is 11.8 Å². The maximum atomic E-state index is 13.6. The first-order valence-corrected chi connectivity index (χ1v) is 13.1. The van der Waals surface area contributed by atoms with Gasteiger partial charge in [-0.15, -0.1) is 0 Å². The predicted octanol–water partition coefficient (Wildman–Crippen LogP) is 7.57. The number of unbranched alkanes of at least 4 members (excludes halogenated alkanes) is 1. The van der Waals surface area contributed by atoms with Crippen LogP contribution in [0.2, 0.25) is 0 Å². The van der Waals surface area contributed by atoms with Crippen LogP contribution in [0.25, 0.3) is 32.7 Å². The van der Waals surface area contributed by atoms with Gasteiger partial charge in [-0.3, -0.25) is 14.5 Å². The molecular formula is C32H31NO2. The van der Waals surface area contributed by atoms with E-state index in [4.69, 9.17) is 0 Å². The smallest absolute Gasteiger partial charge is 0.261 e. The first-order valence-electron chi connectivity index (χ1n) is 13.1. The summed E-state index contributed by atoms with van der Waals surface area (Å²) in [5, 5.41) is 4.43. The van der Waals surface area contributed by atoms with E-state index in [2.05, 4.69) is 56.3 Å². The second-order valence-electron chi connectivity index (χ2n) is 10.1. The summed E-state index contributed by atoms with van der Waals surface area (Å²) in [7, 11) is 0. The van der Waals surface area contributed by atoms with E-state index >= 15 is 0 Å². The summed E-state index contributed by atoms with van der Waals surface area (Å²) < 4.78 is 0. The van der Waals surface area contributed by atoms with Gasteiger partial charge in [-0.1, -0.05) is 81.6 Å². The van der Waals surface area contributed by atoms with Gasteiger partial charge in [0.25, 0.3) is 11.8 Å². The highest BCUT2D eigenvalue weighted by Crippen LogP contribution is 2.42. The molecule has 0 radical (unpaired) electrons. The van der Waals surface area contributed by atoms with E-state index in [9.17, 15) is 9.59 Å². The molecule has 0 saturated heterocycles. The zero-order valence-corrected chi connectivity index (χ0v) is 20.6. The summed E-state index contributed by atoms with van der Waals surface area (Å²) in [4.78, 5) is 28.7. The maximum absolute atomic E-state index is 13.6. The van der Waals surface area contributed by atoms with Gasteiger partial charge < -0.3 is 0 Å². The highest BCUT2D eigenvalue weighted by Gasteiger charge is 2.34. The molecule has 3 nitrogen and oxygen atoms in total. The number of hydrogen-bond acceptors (Lipinski definition) is 2. The molecule has 1 aliphatic heterocycles. The van der Waals surface area contributed by atoms with Crippen molar-refractivity contribution in [2.75, 3.05) is 6.54 Å². The number of carbonyl (C=O) groups is 2. The lowest BCUT2D eigenvalue weighted by molar-refractivity contribution is 0.0580. The molecule has 0 saturated carbocycles. The van der Waals surface area contributed by atoms with Crippen molar-refractivity contribution < 1.29 is 9.59 Å². The molecule has 4 aromatic carbocycles. The number of carbonyl (C=O) groups excluding carboxylic acids is 2. The second-order valence-corrected chi connectivity index (χ2v) is 10.1. The lowest BCUT2D eigenvalue weighted by Gasteiger charge is -2.30. The van der Waals surface area contributed by atoms with Crippen molar-refractivity contribution in [1.29, 1.82) is 0 Å². The molecule has 0 N–H and O–H groups in total. The van der Waals surface area contributed by atoms with Crippen LogP contribution in [0.5, 0.6) is 0 Å². The van der Waals surface area contributed by atoms with Crippen LogP contribution >= 0.6 is 0 Å². The van der Waals surface area contributed by atoms with Crippen molar-refractivity contribution in [3.05, 3.63) is 82.9 Å². The number of rotatable bonds is 7. The van der Waals surface area contributed by atoms with Crippen LogP contribution in [0, 0.1) is 5.92 Å². The van der Waals surface area contributed by atoms with Gasteiger partial charge in [0.2, 0.25) is 0 Å². The Hall–Kier alpha value is -3.46. The molecular weight excluding hydrogens is 430 g/mol. The molecule has 0 fully saturated rings. The molecule has 1 heterocycles. The Balaban J connectivity index is 1.48. The van der Waals surface area contributed by atoms with Gasteiger partial charge in [0, 0.05) is 23.1 Å². The summed E-state index contributed by atoms with van der Waals surface area (Å²) in [6.07, 6.45) is 6.45. The highest BCUT2D eigenvalue weighted by molar-refractivity contribution is 6.27. The number of benzene rings is 4. The van der Waals surface area contributed by atoms with Crippen molar-refractivity contribution in [2.24, 2.45) is 5.92 Å². The lowest BCUT2D eigenvalue weighted by Crippen LogP contribution is -2.43. The van der Waals surface area contributed by atoms with E-state index < -0.39 is 0 Å². The van der Waals surface area contributed by atoms with Gasteiger partial charge in [-0.05, 0) is 75.7 Å². The third-order valence-electron chi connectivity index (χ3n) is 8.14. The lowest BCUT2D eigenvalue weighted by atomic mass is 9.86. The highest BCUT2D eigenvalue weighted by atomic mass is 16.2. The third kappa shape index (κ3) is 3.40. The summed E-state index contributed by atoms with van der Waals surface area (Å²) in [6, 6.07) is 21.0. The van der Waals surface area contributed by atoms with Gasteiger partial charge in [0.15, 0.2) is 0 Å². The fraction of sp³-hybridized carbons (Fsp3) is 0.312. The SMILES string of the molecule is CCCCC(CC)CN1C(=O)c2cccc3c(-c4ccc5c6c(cccc46)CC5)ccc(c23)C1=O. The largest absolute Gasteiger partial charge is 0.274 e. The minimum Gasteiger partial charge on any atom is -0.274 e. The number of imide groups is 1. The van der Waals surface area contributed by atoms with Gasteiger partial charge >= 0.3 is 0 Å². The Morgan fingerprint density at radius 1 is 0.714 bits per heavy atom. The molecule has 3 heteroatoms. The second kappa shape index (κ2) is 8.64. The van der Waals surface area contributed by atoms with Gasteiger partial charge in [-0.2, -0.15) is 0 Å². The Morgan fingerprint density at radius 3 is 2.03 bits per heavy atom. The number of aryl methyl sites for hydroxylation is 2. The molecule has 1 unspecified atom stereocenters. The fourth-order valence-electron chi connectivity index (χ4n) is 6.20. The van der Waals surface area contributed by atoms with Gasteiger partial charge in [0.05, 0.1) is 0 Å². The van der Waals surface area contributed by atoms with Crippen molar-refractivity contribution in [1.82, 2.24) is 4.90 Å². The quantitative estimate of drug-likeness (QED) is 0.266. The number of nitrogens with zero attached hydrogens (tertiary/aromatic N) is 1. The standard InChI is InChI=1S/C32H31NO2/c1-3-5-8-20(4-2)19-33-31(34)27-12-7-11-26-24(17-18-28(30(26)27)32(33)35)23-16-15-22-14-13-21-9-6-10-25(23)29(21)22/h6-7,9-12,15-18,20H,3-5,8,13-14,19H2,1-2H3. The van der Waals surface area contributed by atoms with E-state index in [0.717, 1.165) is 54.9 Å². The van der Waals surface area contributed by atoms with Crippen molar-refractivity contribution in [3.63, 3.8) is 0 Å². The summed E-state index contributed by atoms with van der Waals surface area (Å²) in [5.74, 6) is 0.0395. The van der Waals surface area contributed by atoms with Crippen molar-refractivity contribution in [2.45, 2.75) is 52.4 Å². The van der Waals surface area contributed by atoms with Crippen LogP contribution in [-0.4, -0.2) is 23.3 Å². The predicted molar refractivity (Wildman–Crippen MR) is 143 cm³/mol. The average molecular weight is 462 g/mol. The molecule has 0 spiro atoms. The van der Waals surface area contributed by atoms with Gasteiger partial charge in [0.1, 0.15) is 0 Å². The topological polar surface area (TPSA) is 37.4 Å². The Kier molecular flexibility index (Phi) is 5.44. The third-order valence-corrected chi connectivity index (χ3v) is 8.14. The molecule has 0 bridgehead atoms. The molecule has 6 rings (SSSR count). The minimum atomic E-state index is -0.152. The number of amides is 2. The van der Waals surface area contributed by atoms with E-state index in [1.807, 2.05) is 18.2 Å². The average Bonchev–Trinajstić information content (AvgIpc) is 3.32. The van der Waals surface area contributed by atoms with E-state index in [0.29, 0.717) is 23.6 Å². The van der Waals surface area contributed by atoms with Crippen LogP contribution in [0.15, 0.2) is 60.7 Å². The Labute approximate surface area is 206 Å². The van der Waals surface area contributed by atoms with Crippen molar-refractivity contribution in [3.8, 4) is 11.1 Å². The summed E-state index contributed by atoms with van der Waals surface area (Å²) >= 11 is 0. The zero-order chi connectivity index (χ0) is 24.1. The van der Waals surface area contributed by atoms with Gasteiger partial charge in [-0.25, -0.2) is 0 Å². The van der Waals surface area contributed by atoms with Crippen LogP contribution in [-0.2, 0) is 12.8 Å². The molecule has 35 heavy (non-hydrogen) atoms. The minimum absolute atomic E-state index is 0.152.